The third-order valence-electron chi connectivity index (χ3n) is 4.74. The molecular weight excluding hydrogens is 194 g/mol. The zero-order chi connectivity index (χ0) is 10.7. The molecule has 3 fully saturated rings. The van der Waals surface area contributed by atoms with Gasteiger partial charge in [0.1, 0.15) is 6.04 Å². The summed E-state index contributed by atoms with van der Waals surface area (Å²) in [6.07, 6.45) is 1.93. The monoisotopic (exact) mass is 211 g/mol. The van der Waals surface area contributed by atoms with E-state index in [9.17, 15) is 9.90 Å². The minimum absolute atomic E-state index is 0.125. The molecule has 3 aliphatic rings. The van der Waals surface area contributed by atoms with Gasteiger partial charge in [0, 0.05) is 12.6 Å². The van der Waals surface area contributed by atoms with Gasteiger partial charge in [0.25, 0.3) is 0 Å². The summed E-state index contributed by atoms with van der Waals surface area (Å²) in [5, 5.41) is 19.1. The van der Waals surface area contributed by atoms with Crippen LogP contribution in [0, 0.1) is 17.8 Å². The fourth-order valence-electron chi connectivity index (χ4n) is 4.03. The molecule has 1 aliphatic heterocycles. The number of fused-ring (bicyclic) bond motifs is 1. The number of carboxylic acids is 1. The van der Waals surface area contributed by atoms with E-state index in [4.69, 9.17) is 5.11 Å². The second-order valence-electron chi connectivity index (χ2n) is 5.35. The molecule has 4 heteroatoms. The Morgan fingerprint density at radius 2 is 2.13 bits per heavy atom. The number of hydrogen-bond acceptors (Lipinski definition) is 3. The molecule has 1 saturated heterocycles. The van der Waals surface area contributed by atoms with Crippen LogP contribution in [0.15, 0.2) is 0 Å². The Morgan fingerprint density at radius 1 is 1.40 bits per heavy atom. The van der Waals surface area contributed by atoms with Gasteiger partial charge in [-0.05, 0) is 37.5 Å². The Hall–Kier alpha value is -0.610. The van der Waals surface area contributed by atoms with E-state index in [0.29, 0.717) is 17.8 Å². The number of nitrogens with zero attached hydrogens (tertiary/aromatic N) is 1. The van der Waals surface area contributed by atoms with Crippen molar-refractivity contribution in [2.75, 3.05) is 6.54 Å². The lowest BCUT2D eigenvalue weighted by atomic mass is 9.88. The number of carbonyl (C=O) groups is 1. The van der Waals surface area contributed by atoms with Gasteiger partial charge < -0.3 is 10.2 Å². The second-order valence-corrected chi connectivity index (χ2v) is 5.35. The average molecular weight is 211 g/mol. The van der Waals surface area contributed by atoms with E-state index in [1.807, 2.05) is 4.90 Å². The molecule has 1 heterocycles. The van der Waals surface area contributed by atoms with Gasteiger partial charge in [-0.1, -0.05) is 0 Å². The third-order valence-corrected chi connectivity index (χ3v) is 4.74. The highest BCUT2D eigenvalue weighted by atomic mass is 16.4. The molecule has 6 unspecified atom stereocenters. The fourth-order valence-corrected chi connectivity index (χ4v) is 4.03. The Balaban J connectivity index is 1.86. The van der Waals surface area contributed by atoms with Crippen LogP contribution in [0.5, 0.6) is 0 Å². The van der Waals surface area contributed by atoms with Crippen LogP contribution in [0.1, 0.15) is 19.8 Å². The fraction of sp³-hybridized carbons (Fsp3) is 0.909. The summed E-state index contributed by atoms with van der Waals surface area (Å²) in [4.78, 5) is 13.0. The van der Waals surface area contributed by atoms with Crippen molar-refractivity contribution >= 4 is 5.97 Å². The van der Waals surface area contributed by atoms with Crippen molar-refractivity contribution in [3.63, 3.8) is 0 Å². The van der Waals surface area contributed by atoms with Crippen molar-refractivity contribution in [3.05, 3.63) is 0 Å². The van der Waals surface area contributed by atoms with Crippen LogP contribution in [0.3, 0.4) is 0 Å². The maximum Gasteiger partial charge on any atom is 0.320 e. The first-order valence-electron chi connectivity index (χ1n) is 5.76. The summed E-state index contributed by atoms with van der Waals surface area (Å²) in [6, 6.07) is -0.325. The molecule has 0 aromatic heterocycles. The standard InChI is InChI=1S/C11H17NO3/c1-5(11(14)15)12-4-7-2-6-3-8(7)9(12)10(6)13/h5-10,13H,2-4H2,1H3,(H,14,15). The Morgan fingerprint density at radius 3 is 2.73 bits per heavy atom. The van der Waals surface area contributed by atoms with Crippen molar-refractivity contribution in [2.24, 2.45) is 17.8 Å². The van der Waals surface area contributed by atoms with E-state index in [1.165, 1.54) is 0 Å². The van der Waals surface area contributed by atoms with Gasteiger partial charge in [0.05, 0.1) is 6.10 Å². The number of aliphatic carboxylic acids is 1. The molecule has 2 aliphatic carbocycles. The molecule has 84 valence electrons. The van der Waals surface area contributed by atoms with E-state index >= 15 is 0 Å². The zero-order valence-electron chi connectivity index (χ0n) is 8.84. The van der Waals surface area contributed by atoms with Gasteiger partial charge >= 0.3 is 5.97 Å². The Kier molecular flexibility index (Phi) is 1.89. The summed E-state index contributed by atoms with van der Waals surface area (Å²) in [6.45, 7) is 2.60. The molecule has 3 rings (SSSR count). The van der Waals surface area contributed by atoms with Crippen LogP contribution >= 0.6 is 0 Å². The molecular formula is C11H17NO3. The van der Waals surface area contributed by atoms with E-state index in [-0.39, 0.29) is 12.1 Å². The summed E-state index contributed by atoms with van der Waals surface area (Å²) >= 11 is 0. The number of likely N-dealkylation sites (tertiary alicyclic amines) is 1. The van der Waals surface area contributed by atoms with Gasteiger partial charge in [0.2, 0.25) is 0 Å². The number of rotatable bonds is 2. The lowest BCUT2D eigenvalue weighted by molar-refractivity contribution is -0.143. The van der Waals surface area contributed by atoms with E-state index < -0.39 is 12.0 Å². The first-order chi connectivity index (χ1) is 7.09. The van der Waals surface area contributed by atoms with Gasteiger partial charge in [-0.25, -0.2) is 0 Å². The second kappa shape index (κ2) is 2.95. The first-order valence-corrected chi connectivity index (χ1v) is 5.76. The number of carboxylic acid groups (broad SMARTS) is 1. The molecule has 15 heavy (non-hydrogen) atoms. The van der Waals surface area contributed by atoms with Gasteiger partial charge in [-0.3, -0.25) is 9.69 Å². The molecule has 2 saturated carbocycles. The SMILES string of the molecule is CC(C(=O)O)N1CC2CC3CC2C1C3O. The van der Waals surface area contributed by atoms with Crippen molar-refractivity contribution in [3.8, 4) is 0 Å². The summed E-state index contributed by atoms with van der Waals surface area (Å²) < 4.78 is 0. The van der Waals surface area contributed by atoms with E-state index in [0.717, 1.165) is 19.4 Å². The van der Waals surface area contributed by atoms with Crippen LogP contribution in [0.2, 0.25) is 0 Å². The number of aliphatic hydroxyl groups is 1. The maximum atomic E-state index is 11.0. The Bertz CT molecular complexity index is 304. The molecule has 0 amide bonds. The molecule has 6 atom stereocenters. The van der Waals surface area contributed by atoms with Crippen LogP contribution in [-0.4, -0.2) is 45.8 Å². The van der Waals surface area contributed by atoms with E-state index in [1.54, 1.807) is 6.92 Å². The van der Waals surface area contributed by atoms with Crippen LogP contribution in [0.4, 0.5) is 0 Å². The van der Waals surface area contributed by atoms with Crippen molar-refractivity contribution in [1.29, 1.82) is 0 Å². The minimum atomic E-state index is -0.771. The first kappa shape index (κ1) is 9.60. The van der Waals surface area contributed by atoms with Crippen molar-refractivity contribution in [2.45, 2.75) is 38.0 Å². The highest BCUT2D eigenvalue weighted by Gasteiger charge is 2.59. The quantitative estimate of drug-likeness (QED) is 0.683. The van der Waals surface area contributed by atoms with Gasteiger partial charge in [-0.15, -0.1) is 0 Å². The maximum absolute atomic E-state index is 11.0. The minimum Gasteiger partial charge on any atom is -0.480 e. The van der Waals surface area contributed by atoms with Crippen LogP contribution < -0.4 is 0 Å². The lowest BCUT2D eigenvalue weighted by Gasteiger charge is -2.31. The molecule has 2 bridgehead atoms. The summed E-state index contributed by atoms with van der Waals surface area (Å²) in [5.41, 5.74) is 0. The number of aliphatic hydroxyl groups excluding tert-OH is 1. The summed E-state index contributed by atoms with van der Waals surface area (Å²) in [7, 11) is 0. The predicted octanol–water partition coefficient (Wildman–Crippen LogP) is 0.161. The van der Waals surface area contributed by atoms with Gasteiger partial charge in [0.15, 0.2) is 0 Å². The third kappa shape index (κ3) is 1.12. The van der Waals surface area contributed by atoms with E-state index in [2.05, 4.69) is 0 Å². The molecule has 2 N–H and O–H groups in total. The lowest BCUT2D eigenvalue weighted by Crippen LogP contribution is -2.47. The summed E-state index contributed by atoms with van der Waals surface area (Å²) in [5.74, 6) is 0.875. The smallest absolute Gasteiger partial charge is 0.320 e. The highest BCUT2D eigenvalue weighted by molar-refractivity contribution is 5.73. The van der Waals surface area contributed by atoms with Crippen molar-refractivity contribution < 1.29 is 15.0 Å². The van der Waals surface area contributed by atoms with Gasteiger partial charge in [-0.2, -0.15) is 0 Å². The molecule has 0 spiro atoms. The van der Waals surface area contributed by atoms with Crippen LogP contribution in [-0.2, 0) is 4.79 Å². The Labute approximate surface area is 88.9 Å². The van der Waals surface area contributed by atoms with Crippen molar-refractivity contribution in [1.82, 2.24) is 4.90 Å². The zero-order valence-corrected chi connectivity index (χ0v) is 8.84. The molecule has 0 aromatic carbocycles. The highest BCUT2D eigenvalue weighted by Crippen LogP contribution is 2.55. The normalized spacial score (nSPS) is 49.9. The molecule has 0 radical (unpaired) electrons. The average Bonchev–Trinajstić information content (AvgIpc) is 2.75. The molecule has 4 nitrogen and oxygen atoms in total. The predicted molar refractivity (Wildman–Crippen MR) is 53.3 cm³/mol. The number of hydrogen-bond donors (Lipinski definition) is 2. The van der Waals surface area contributed by atoms with Crippen LogP contribution in [0.25, 0.3) is 0 Å². The largest absolute Gasteiger partial charge is 0.480 e. The molecule has 0 aromatic rings. The topological polar surface area (TPSA) is 60.8 Å².